The van der Waals surface area contributed by atoms with Crippen LogP contribution < -0.4 is 9.47 Å². The monoisotopic (exact) mass is 236 g/mol. The zero-order valence-electron chi connectivity index (χ0n) is 10.6. The molecule has 0 N–H and O–H groups in total. The van der Waals surface area contributed by atoms with Gasteiger partial charge in [0.05, 0.1) is 13.2 Å². The van der Waals surface area contributed by atoms with Crippen molar-refractivity contribution in [3.63, 3.8) is 0 Å². The normalized spacial score (nSPS) is 17.9. The molecule has 0 aliphatic carbocycles. The summed E-state index contributed by atoms with van der Waals surface area (Å²) in [5, 5.41) is 0. The molecule has 0 aromatic heterocycles. The Morgan fingerprint density at radius 3 is 2.88 bits per heavy atom. The number of benzene rings is 1. The molecule has 0 saturated carbocycles. The Morgan fingerprint density at radius 1 is 1.35 bits per heavy atom. The minimum atomic E-state index is 0.277. The van der Waals surface area contributed by atoms with E-state index in [-0.39, 0.29) is 6.10 Å². The van der Waals surface area contributed by atoms with Crippen LogP contribution in [0.5, 0.6) is 11.5 Å². The van der Waals surface area contributed by atoms with E-state index in [9.17, 15) is 0 Å². The lowest BCUT2D eigenvalue weighted by Gasteiger charge is -2.14. The summed E-state index contributed by atoms with van der Waals surface area (Å²) in [6.45, 7) is 6.38. The fourth-order valence-electron chi connectivity index (χ4n) is 1.59. The van der Waals surface area contributed by atoms with Crippen LogP contribution in [0.2, 0.25) is 0 Å². The average molecular weight is 236 g/mol. The van der Waals surface area contributed by atoms with Gasteiger partial charge in [0.1, 0.15) is 12.7 Å². The Kier molecular flexibility index (Phi) is 4.26. The molecule has 1 atom stereocenters. The van der Waals surface area contributed by atoms with Gasteiger partial charge in [-0.3, -0.25) is 0 Å². The SMILES string of the molecule is CCCCOc1c(C)cccc1OCC1CO1. The average Bonchev–Trinajstić information content (AvgIpc) is 3.13. The highest BCUT2D eigenvalue weighted by atomic mass is 16.6. The number of hydrogen-bond donors (Lipinski definition) is 0. The molecule has 1 unspecified atom stereocenters. The third-order valence-electron chi connectivity index (χ3n) is 2.75. The summed E-state index contributed by atoms with van der Waals surface area (Å²) in [7, 11) is 0. The summed E-state index contributed by atoms with van der Waals surface area (Å²) in [5.74, 6) is 1.71. The minimum absolute atomic E-state index is 0.277. The second-order valence-electron chi connectivity index (χ2n) is 4.37. The van der Waals surface area contributed by atoms with E-state index in [0.29, 0.717) is 6.61 Å². The lowest BCUT2D eigenvalue weighted by atomic mass is 10.2. The van der Waals surface area contributed by atoms with E-state index in [1.165, 1.54) is 0 Å². The molecule has 2 rings (SSSR count). The maximum atomic E-state index is 5.80. The van der Waals surface area contributed by atoms with E-state index in [4.69, 9.17) is 14.2 Å². The van der Waals surface area contributed by atoms with E-state index < -0.39 is 0 Å². The van der Waals surface area contributed by atoms with Gasteiger partial charge in [0, 0.05) is 0 Å². The van der Waals surface area contributed by atoms with E-state index >= 15 is 0 Å². The molecule has 3 heteroatoms. The van der Waals surface area contributed by atoms with Gasteiger partial charge in [0.2, 0.25) is 0 Å². The van der Waals surface area contributed by atoms with Crippen LogP contribution in [0.15, 0.2) is 18.2 Å². The van der Waals surface area contributed by atoms with Gasteiger partial charge >= 0.3 is 0 Å². The molecule has 1 aromatic carbocycles. The van der Waals surface area contributed by atoms with Crippen LogP contribution in [0, 0.1) is 6.92 Å². The molecule has 0 bridgehead atoms. The van der Waals surface area contributed by atoms with Crippen molar-refractivity contribution in [2.75, 3.05) is 19.8 Å². The predicted molar refractivity (Wildman–Crippen MR) is 66.8 cm³/mol. The molecular weight excluding hydrogens is 216 g/mol. The van der Waals surface area contributed by atoms with Crippen molar-refractivity contribution in [3.8, 4) is 11.5 Å². The van der Waals surface area contributed by atoms with Crippen LogP contribution in [0.25, 0.3) is 0 Å². The van der Waals surface area contributed by atoms with Gasteiger partial charge in [0.15, 0.2) is 11.5 Å². The highest BCUT2D eigenvalue weighted by Gasteiger charge is 2.23. The van der Waals surface area contributed by atoms with Gasteiger partial charge in [-0.15, -0.1) is 0 Å². The largest absolute Gasteiger partial charge is 0.489 e. The second-order valence-corrected chi connectivity index (χ2v) is 4.37. The van der Waals surface area contributed by atoms with E-state index in [0.717, 1.165) is 43.1 Å². The number of hydrogen-bond acceptors (Lipinski definition) is 3. The highest BCUT2D eigenvalue weighted by Crippen LogP contribution is 2.31. The second kappa shape index (κ2) is 5.92. The molecule has 1 saturated heterocycles. The Hall–Kier alpha value is -1.22. The smallest absolute Gasteiger partial charge is 0.164 e. The summed E-state index contributed by atoms with van der Waals surface area (Å²) in [6.07, 6.45) is 2.48. The summed E-state index contributed by atoms with van der Waals surface area (Å²) in [4.78, 5) is 0. The summed E-state index contributed by atoms with van der Waals surface area (Å²) in [6, 6.07) is 5.99. The molecule has 17 heavy (non-hydrogen) atoms. The van der Waals surface area contributed by atoms with Crippen LogP contribution in [-0.2, 0) is 4.74 Å². The molecule has 1 fully saturated rings. The van der Waals surface area contributed by atoms with Crippen molar-refractivity contribution in [2.45, 2.75) is 32.8 Å². The Labute approximate surface area is 103 Å². The van der Waals surface area contributed by atoms with E-state index in [1.807, 2.05) is 25.1 Å². The van der Waals surface area contributed by atoms with Gasteiger partial charge in [-0.1, -0.05) is 25.5 Å². The zero-order valence-corrected chi connectivity index (χ0v) is 10.6. The number of rotatable bonds is 7. The van der Waals surface area contributed by atoms with Gasteiger partial charge in [-0.05, 0) is 25.0 Å². The van der Waals surface area contributed by atoms with Crippen LogP contribution in [0.3, 0.4) is 0 Å². The first-order valence-corrected chi connectivity index (χ1v) is 6.28. The van der Waals surface area contributed by atoms with Gasteiger partial charge < -0.3 is 14.2 Å². The minimum Gasteiger partial charge on any atom is -0.489 e. The Bertz CT molecular complexity index is 358. The lowest BCUT2D eigenvalue weighted by molar-refractivity contribution is 0.239. The van der Waals surface area contributed by atoms with Crippen molar-refractivity contribution in [2.24, 2.45) is 0 Å². The van der Waals surface area contributed by atoms with Crippen molar-refractivity contribution >= 4 is 0 Å². The molecule has 0 amide bonds. The van der Waals surface area contributed by atoms with Crippen molar-refractivity contribution in [1.82, 2.24) is 0 Å². The standard InChI is InChI=1S/C14H20O3/c1-3-4-8-15-14-11(2)6-5-7-13(14)17-10-12-9-16-12/h5-7,12H,3-4,8-10H2,1-2H3. The first-order chi connectivity index (χ1) is 8.31. The third kappa shape index (κ3) is 3.63. The molecule has 0 spiro atoms. The number of aryl methyl sites for hydroxylation is 1. The predicted octanol–water partition coefficient (Wildman–Crippen LogP) is 2.95. The van der Waals surface area contributed by atoms with Gasteiger partial charge in [-0.2, -0.15) is 0 Å². The summed E-state index contributed by atoms with van der Waals surface area (Å²) < 4.78 is 16.7. The number of ether oxygens (including phenoxy) is 3. The molecular formula is C14H20O3. The topological polar surface area (TPSA) is 31.0 Å². The maximum absolute atomic E-state index is 5.80. The number of para-hydroxylation sites is 1. The van der Waals surface area contributed by atoms with Crippen molar-refractivity contribution < 1.29 is 14.2 Å². The zero-order chi connectivity index (χ0) is 12.1. The molecule has 3 nitrogen and oxygen atoms in total. The van der Waals surface area contributed by atoms with E-state index in [1.54, 1.807) is 0 Å². The summed E-state index contributed by atoms with van der Waals surface area (Å²) in [5.41, 5.74) is 1.12. The van der Waals surface area contributed by atoms with Gasteiger partial charge in [-0.25, -0.2) is 0 Å². The number of unbranched alkanes of at least 4 members (excludes halogenated alkanes) is 1. The number of epoxide rings is 1. The fraction of sp³-hybridized carbons (Fsp3) is 0.571. The van der Waals surface area contributed by atoms with Crippen LogP contribution in [0.4, 0.5) is 0 Å². The maximum Gasteiger partial charge on any atom is 0.164 e. The van der Waals surface area contributed by atoms with Gasteiger partial charge in [0.25, 0.3) is 0 Å². The first kappa shape index (κ1) is 12.2. The molecule has 94 valence electrons. The van der Waals surface area contributed by atoms with Crippen LogP contribution >= 0.6 is 0 Å². The highest BCUT2D eigenvalue weighted by molar-refractivity contribution is 5.45. The molecule has 1 aliphatic heterocycles. The van der Waals surface area contributed by atoms with Crippen LogP contribution in [-0.4, -0.2) is 25.9 Å². The van der Waals surface area contributed by atoms with Crippen LogP contribution in [0.1, 0.15) is 25.3 Å². The van der Waals surface area contributed by atoms with Crippen molar-refractivity contribution in [1.29, 1.82) is 0 Å². The Balaban J connectivity index is 1.98. The quantitative estimate of drug-likeness (QED) is 0.538. The molecule has 1 aliphatic rings. The molecule has 0 radical (unpaired) electrons. The van der Waals surface area contributed by atoms with E-state index in [2.05, 4.69) is 6.92 Å². The first-order valence-electron chi connectivity index (χ1n) is 6.28. The summed E-state index contributed by atoms with van der Waals surface area (Å²) >= 11 is 0. The Morgan fingerprint density at radius 2 is 2.18 bits per heavy atom. The third-order valence-corrected chi connectivity index (χ3v) is 2.75. The molecule has 1 heterocycles. The molecule has 1 aromatic rings. The lowest BCUT2D eigenvalue weighted by Crippen LogP contribution is -2.07. The fourth-order valence-corrected chi connectivity index (χ4v) is 1.59. The van der Waals surface area contributed by atoms with Crippen molar-refractivity contribution in [3.05, 3.63) is 23.8 Å².